The quantitative estimate of drug-likeness (QED) is 0.516. The van der Waals surface area contributed by atoms with Gasteiger partial charge < -0.3 is 15.0 Å². The molecule has 0 radical (unpaired) electrons. The summed E-state index contributed by atoms with van der Waals surface area (Å²) in [6, 6.07) is 13.7. The van der Waals surface area contributed by atoms with Crippen molar-refractivity contribution in [1.29, 1.82) is 0 Å². The average molecular weight is 513 g/mol. The zero-order valence-corrected chi connectivity index (χ0v) is 21.2. The van der Waals surface area contributed by atoms with Gasteiger partial charge in [0.25, 0.3) is 15.9 Å². The molecular weight excluding hydrogens is 483 g/mol. The van der Waals surface area contributed by atoms with Crippen LogP contribution < -0.4 is 10.5 Å². The van der Waals surface area contributed by atoms with Crippen LogP contribution in [0.3, 0.4) is 0 Å². The number of carbonyl (C=O) groups is 1. The highest BCUT2D eigenvalue weighted by Gasteiger charge is 2.38. The van der Waals surface area contributed by atoms with Gasteiger partial charge in [0.1, 0.15) is 5.82 Å². The first-order valence-electron chi connectivity index (χ1n) is 11.5. The average Bonchev–Trinajstić information content (AvgIpc) is 2.85. The number of amides is 1. The number of nitrogens with zero attached hydrogens (tertiary/aromatic N) is 2. The van der Waals surface area contributed by atoms with Crippen molar-refractivity contribution < 1.29 is 22.3 Å². The second-order valence-electron chi connectivity index (χ2n) is 8.96. The van der Waals surface area contributed by atoms with Crippen LogP contribution in [0, 0.1) is 19.7 Å². The van der Waals surface area contributed by atoms with E-state index in [0.717, 1.165) is 16.8 Å². The third-order valence-corrected chi connectivity index (χ3v) is 7.75. The number of nitrogens with two attached hydrogens (primary N) is 1. The van der Waals surface area contributed by atoms with Crippen LogP contribution >= 0.6 is 0 Å². The normalized spacial score (nSPS) is 15.5. The molecule has 190 valence electrons. The number of halogens is 1. The van der Waals surface area contributed by atoms with Gasteiger partial charge in [-0.05, 0) is 56.0 Å². The van der Waals surface area contributed by atoms with Crippen LogP contribution in [0.15, 0.2) is 59.8 Å². The Labute approximate surface area is 210 Å². The van der Waals surface area contributed by atoms with E-state index in [9.17, 15) is 17.6 Å². The summed E-state index contributed by atoms with van der Waals surface area (Å²) >= 11 is 0. The predicted molar refractivity (Wildman–Crippen MR) is 135 cm³/mol. The molecule has 0 spiro atoms. The lowest BCUT2D eigenvalue weighted by Crippen LogP contribution is -2.46. The predicted octanol–water partition coefficient (Wildman–Crippen LogP) is 4.01. The van der Waals surface area contributed by atoms with Crippen molar-refractivity contribution >= 4 is 27.3 Å². The van der Waals surface area contributed by atoms with Crippen molar-refractivity contribution in [2.45, 2.75) is 37.3 Å². The Balaban J connectivity index is 1.66. The van der Waals surface area contributed by atoms with Crippen LogP contribution in [-0.2, 0) is 20.4 Å². The van der Waals surface area contributed by atoms with Gasteiger partial charge in [-0.15, -0.1) is 0 Å². The molecule has 3 aromatic rings. The van der Waals surface area contributed by atoms with Crippen LogP contribution in [0.2, 0.25) is 0 Å². The summed E-state index contributed by atoms with van der Waals surface area (Å²) in [6.07, 6.45) is 2.29. The molecule has 1 saturated heterocycles. The number of pyridine rings is 1. The summed E-state index contributed by atoms with van der Waals surface area (Å²) < 4.78 is 43.5. The summed E-state index contributed by atoms with van der Waals surface area (Å²) in [6.45, 7) is 4.27. The van der Waals surface area contributed by atoms with E-state index >= 15 is 0 Å². The largest absolute Gasteiger partial charge is 0.373 e. The first kappa shape index (κ1) is 25.7. The highest BCUT2D eigenvalue weighted by Crippen LogP contribution is 2.37. The second-order valence-corrected chi connectivity index (χ2v) is 10.4. The van der Waals surface area contributed by atoms with E-state index in [-0.39, 0.29) is 27.9 Å². The van der Waals surface area contributed by atoms with Crippen molar-refractivity contribution in [2.75, 3.05) is 25.5 Å². The summed E-state index contributed by atoms with van der Waals surface area (Å²) in [5, 5.41) is 8.32. The molecular formula is C26H29FN4O4S. The van der Waals surface area contributed by atoms with Crippen LogP contribution in [0.5, 0.6) is 0 Å². The van der Waals surface area contributed by atoms with E-state index in [2.05, 4.69) is 10.3 Å². The molecule has 0 aliphatic carbocycles. The number of sulfonamides is 1. The number of anilines is 2. The number of ether oxygens (including phenoxy) is 1. The van der Waals surface area contributed by atoms with Gasteiger partial charge in [0, 0.05) is 37.6 Å². The monoisotopic (exact) mass is 512 g/mol. The Morgan fingerprint density at radius 2 is 1.75 bits per heavy atom. The van der Waals surface area contributed by atoms with Crippen molar-refractivity contribution in [2.24, 2.45) is 5.14 Å². The Kier molecular flexibility index (Phi) is 7.12. The summed E-state index contributed by atoms with van der Waals surface area (Å²) in [5.41, 5.74) is 2.74. The Hall–Kier alpha value is -3.34. The number of hydrogen-bond donors (Lipinski definition) is 2. The van der Waals surface area contributed by atoms with E-state index in [1.807, 2.05) is 31.2 Å². The molecule has 3 N–H and O–H groups in total. The standard InChI is InChI=1S/C26H29FN4O4S/c1-17-6-4-5-7-22(17)30-23-18(2)24(36(28,33)34)29-16-21(23)25(32)31-14-12-26(35-3,13-15-31)19-8-10-20(27)11-9-19/h4-11,16H,12-15H2,1-3H3,(H,29,30)(H2,28,33,34). The number of aromatic nitrogens is 1. The smallest absolute Gasteiger partial charge is 0.257 e. The molecule has 0 bridgehead atoms. The summed E-state index contributed by atoms with van der Waals surface area (Å²) in [7, 11) is -2.48. The number of likely N-dealkylation sites (tertiary alicyclic amines) is 1. The van der Waals surface area contributed by atoms with E-state index in [1.54, 1.807) is 31.1 Å². The van der Waals surface area contributed by atoms with Crippen LogP contribution in [-0.4, -0.2) is 44.4 Å². The van der Waals surface area contributed by atoms with Gasteiger partial charge in [0.2, 0.25) is 0 Å². The van der Waals surface area contributed by atoms with Crippen LogP contribution in [0.1, 0.15) is 39.9 Å². The van der Waals surface area contributed by atoms with Crippen LogP contribution in [0.25, 0.3) is 0 Å². The SMILES string of the molecule is COC1(c2ccc(F)cc2)CCN(C(=O)c2cnc(S(N)(=O)=O)c(C)c2Nc2ccccc2C)CC1. The van der Waals surface area contributed by atoms with Crippen molar-refractivity contribution in [3.05, 3.63) is 82.8 Å². The molecule has 1 aliphatic rings. The second kappa shape index (κ2) is 9.96. The molecule has 1 aliphatic heterocycles. The molecule has 8 nitrogen and oxygen atoms in total. The van der Waals surface area contributed by atoms with Crippen LogP contribution in [0.4, 0.5) is 15.8 Å². The molecule has 1 fully saturated rings. The maximum atomic E-state index is 13.7. The maximum absolute atomic E-state index is 13.7. The molecule has 10 heteroatoms. The van der Waals surface area contributed by atoms with Gasteiger partial charge in [0.15, 0.2) is 5.03 Å². The van der Waals surface area contributed by atoms with E-state index in [0.29, 0.717) is 31.6 Å². The van der Waals surface area contributed by atoms with Gasteiger partial charge in [0.05, 0.1) is 16.9 Å². The number of benzene rings is 2. The number of nitrogens with one attached hydrogen (secondary N) is 1. The van der Waals surface area contributed by atoms with E-state index < -0.39 is 15.6 Å². The molecule has 0 saturated carbocycles. The lowest BCUT2D eigenvalue weighted by atomic mass is 9.84. The first-order valence-corrected chi connectivity index (χ1v) is 13.1. The zero-order chi connectivity index (χ0) is 26.1. The van der Waals surface area contributed by atoms with E-state index in [4.69, 9.17) is 9.88 Å². The van der Waals surface area contributed by atoms with Gasteiger partial charge in [-0.3, -0.25) is 4.79 Å². The van der Waals surface area contributed by atoms with Crippen molar-refractivity contribution in [3.8, 4) is 0 Å². The van der Waals surface area contributed by atoms with E-state index in [1.165, 1.54) is 18.3 Å². The number of hydrogen-bond acceptors (Lipinski definition) is 6. The molecule has 1 amide bonds. The topological polar surface area (TPSA) is 115 Å². The molecule has 1 aromatic heterocycles. The van der Waals surface area contributed by atoms with Gasteiger partial charge in [-0.25, -0.2) is 22.9 Å². The first-order chi connectivity index (χ1) is 17.1. The summed E-state index contributed by atoms with van der Waals surface area (Å²) in [5.74, 6) is -0.608. The number of aryl methyl sites for hydroxylation is 1. The van der Waals surface area contributed by atoms with Gasteiger partial charge in [-0.2, -0.15) is 0 Å². The molecule has 2 heterocycles. The highest BCUT2D eigenvalue weighted by atomic mass is 32.2. The Bertz CT molecular complexity index is 1390. The molecule has 2 aromatic carbocycles. The number of primary sulfonamides is 1. The molecule has 0 atom stereocenters. The number of rotatable bonds is 6. The number of para-hydroxylation sites is 1. The lowest BCUT2D eigenvalue weighted by molar-refractivity contribution is -0.0575. The van der Waals surface area contributed by atoms with Gasteiger partial charge >= 0.3 is 0 Å². The third kappa shape index (κ3) is 4.97. The zero-order valence-electron chi connectivity index (χ0n) is 20.4. The minimum absolute atomic E-state index is 0.245. The fraction of sp³-hybridized carbons (Fsp3) is 0.308. The minimum atomic E-state index is -4.10. The number of piperidine rings is 1. The maximum Gasteiger partial charge on any atom is 0.257 e. The summed E-state index contributed by atoms with van der Waals surface area (Å²) in [4.78, 5) is 19.4. The molecule has 36 heavy (non-hydrogen) atoms. The van der Waals surface area contributed by atoms with Crippen molar-refractivity contribution in [3.63, 3.8) is 0 Å². The fourth-order valence-electron chi connectivity index (χ4n) is 4.66. The Morgan fingerprint density at radius 3 is 2.33 bits per heavy atom. The highest BCUT2D eigenvalue weighted by molar-refractivity contribution is 7.89. The number of methoxy groups -OCH3 is 1. The fourth-order valence-corrected chi connectivity index (χ4v) is 5.39. The Morgan fingerprint density at radius 1 is 1.11 bits per heavy atom. The minimum Gasteiger partial charge on any atom is -0.373 e. The third-order valence-electron chi connectivity index (χ3n) is 6.80. The number of carbonyl (C=O) groups excluding carboxylic acids is 1. The molecule has 4 rings (SSSR count). The van der Waals surface area contributed by atoms with Crippen molar-refractivity contribution in [1.82, 2.24) is 9.88 Å². The molecule has 0 unspecified atom stereocenters. The lowest BCUT2D eigenvalue weighted by Gasteiger charge is -2.41. The van der Waals surface area contributed by atoms with Gasteiger partial charge in [-0.1, -0.05) is 30.3 Å².